The van der Waals surface area contributed by atoms with Gasteiger partial charge in [0, 0.05) is 18.8 Å². The quantitative estimate of drug-likeness (QED) is 0.849. The number of halogens is 1. The normalized spacial score (nSPS) is 10.1. The van der Waals surface area contributed by atoms with E-state index >= 15 is 0 Å². The van der Waals surface area contributed by atoms with Gasteiger partial charge >= 0.3 is 0 Å². The van der Waals surface area contributed by atoms with Gasteiger partial charge in [0.15, 0.2) is 5.75 Å². The smallest absolute Gasteiger partial charge is 0.270 e. The van der Waals surface area contributed by atoms with Crippen LogP contribution in [-0.2, 0) is 0 Å². The summed E-state index contributed by atoms with van der Waals surface area (Å²) in [5.41, 5.74) is 6.51. The Morgan fingerprint density at radius 1 is 1.45 bits per heavy atom. The summed E-state index contributed by atoms with van der Waals surface area (Å²) in [5, 5.41) is 3.07. The topological polar surface area (TPSA) is 77.2 Å². The van der Waals surface area contributed by atoms with Gasteiger partial charge in [-0.25, -0.2) is 0 Å². The molecule has 1 aromatic heterocycles. The number of nitrogens with zero attached hydrogens (tertiary/aromatic N) is 1. The van der Waals surface area contributed by atoms with Crippen molar-refractivity contribution in [2.24, 2.45) is 0 Å². The minimum atomic E-state index is -0.259. The van der Waals surface area contributed by atoms with Gasteiger partial charge in [0.25, 0.3) is 5.91 Å². The van der Waals surface area contributed by atoms with E-state index in [2.05, 4.69) is 10.3 Å². The molecule has 0 aliphatic heterocycles. The first-order valence-corrected chi connectivity index (χ1v) is 6.45. The average Bonchev–Trinajstić information content (AvgIpc) is 2.44. The summed E-state index contributed by atoms with van der Waals surface area (Å²) in [5.74, 6) is 0.549. The minimum Gasteiger partial charge on any atom is -0.453 e. The van der Waals surface area contributed by atoms with Gasteiger partial charge in [-0.1, -0.05) is 17.7 Å². The molecule has 2 rings (SSSR count). The second-order valence-corrected chi connectivity index (χ2v) is 4.40. The molecule has 0 saturated carbocycles. The number of pyridine rings is 1. The van der Waals surface area contributed by atoms with Crippen LogP contribution in [0.15, 0.2) is 36.5 Å². The van der Waals surface area contributed by atoms with Gasteiger partial charge in [0.05, 0.1) is 10.7 Å². The fraction of sp³-hybridized carbons (Fsp3) is 0.143. The van der Waals surface area contributed by atoms with E-state index in [0.717, 1.165) is 0 Å². The van der Waals surface area contributed by atoms with E-state index in [1.807, 2.05) is 6.92 Å². The number of ether oxygens (including phenoxy) is 1. The van der Waals surface area contributed by atoms with Crippen LogP contribution in [0.5, 0.6) is 11.5 Å². The Morgan fingerprint density at radius 3 is 2.95 bits per heavy atom. The van der Waals surface area contributed by atoms with Crippen LogP contribution in [0.25, 0.3) is 0 Å². The number of nitrogens with two attached hydrogens (primary N) is 1. The molecule has 1 heterocycles. The molecule has 1 amide bonds. The number of hydrogen-bond donors (Lipinski definition) is 2. The van der Waals surface area contributed by atoms with E-state index in [1.165, 1.54) is 12.3 Å². The molecule has 5 nitrogen and oxygen atoms in total. The fourth-order valence-electron chi connectivity index (χ4n) is 1.60. The Morgan fingerprint density at radius 2 is 2.25 bits per heavy atom. The molecule has 104 valence electrons. The van der Waals surface area contributed by atoms with Crippen molar-refractivity contribution in [1.29, 1.82) is 0 Å². The molecule has 0 spiro atoms. The maximum absolute atomic E-state index is 11.7. The summed E-state index contributed by atoms with van der Waals surface area (Å²) < 4.78 is 5.63. The van der Waals surface area contributed by atoms with Crippen LogP contribution in [0.2, 0.25) is 5.02 Å². The molecule has 1 aromatic carbocycles. The lowest BCUT2D eigenvalue weighted by molar-refractivity contribution is 0.0950. The first-order chi connectivity index (χ1) is 9.61. The van der Waals surface area contributed by atoms with Crippen LogP contribution >= 0.6 is 11.6 Å². The van der Waals surface area contributed by atoms with Crippen LogP contribution in [0.4, 0.5) is 5.69 Å². The van der Waals surface area contributed by atoms with Crippen molar-refractivity contribution in [2.75, 3.05) is 12.3 Å². The summed E-state index contributed by atoms with van der Waals surface area (Å²) in [4.78, 5) is 15.7. The zero-order valence-electron chi connectivity index (χ0n) is 10.9. The standard InChI is InChI=1S/C14H14ClN3O2/c1-2-17-14(19)12-8-9(6-7-18-12)20-13-10(15)4-3-5-11(13)16/h3-8H,2,16H2,1H3,(H,17,19). The maximum Gasteiger partial charge on any atom is 0.270 e. The number of para-hydroxylation sites is 1. The molecule has 0 radical (unpaired) electrons. The highest BCUT2D eigenvalue weighted by Crippen LogP contribution is 2.34. The monoisotopic (exact) mass is 291 g/mol. The zero-order chi connectivity index (χ0) is 14.5. The highest BCUT2D eigenvalue weighted by atomic mass is 35.5. The third kappa shape index (κ3) is 3.19. The predicted octanol–water partition coefficient (Wildman–Crippen LogP) is 2.86. The van der Waals surface area contributed by atoms with Crippen molar-refractivity contribution in [3.8, 4) is 11.5 Å². The van der Waals surface area contributed by atoms with Crippen LogP contribution in [0, 0.1) is 0 Å². The van der Waals surface area contributed by atoms with Crippen molar-refractivity contribution in [2.45, 2.75) is 6.92 Å². The number of amides is 1. The van der Waals surface area contributed by atoms with E-state index in [4.69, 9.17) is 22.1 Å². The Balaban J connectivity index is 2.26. The molecule has 0 atom stereocenters. The molecular formula is C14H14ClN3O2. The lowest BCUT2D eigenvalue weighted by atomic mass is 10.3. The average molecular weight is 292 g/mol. The van der Waals surface area contributed by atoms with Gasteiger partial charge in [-0.3, -0.25) is 9.78 Å². The third-order valence-electron chi connectivity index (χ3n) is 2.52. The lowest BCUT2D eigenvalue weighted by Crippen LogP contribution is -2.23. The molecule has 20 heavy (non-hydrogen) atoms. The molecule has 0 aliphatic carbocycles. The van der Waals surface area contributed by atoms with E-state index in [9.17, 15) is 4.79 Å². The first kappa shape index (κ1) is 14.1. The Bertz CT molecular complexity index is 611. The van der Waals surface area contributed by atoms with Crippen molar-refractivity contribution in [3.63, 3.8) is 0 Å². The second-order valence-electron chi connectivity index (χ2n) is 4.00. The molecule has 2 aromatic rings. The molecular weight excluding hydrogens is 278 g/mol. The van der Waals surface area contributed by atoms with Gasteiger partial charge in [-0.15, -0.1) is 0 Å². The number of nitrogen functional groups attached to an aromatic ring is 1. The minimum absolute atomic E-state index is 0.259. The van der Waals surface area contributed by atoms with Gasteiger partial charge in [-0.05, 0) is 25.1 Å². The molecule has 0 saturated heterocycles. The molecule has 0 fully saturated rings. The van der Waals surface area contributed by atoms with Crippen molar-refractivity contribution in [3.05, 3.63) is 47.2 Å². The van der Waals surface area contributed by atoms with Crippen LogP contribution in [-0.4, -0.2) is 17.4 Å². The Kier molecular flexibility index (Phi) is 4.42. The van der Waals surface area contributed by atoms with Gasteiger partial charge in [-0.2, -0.15) is 0 Å². The summed E-state index contributed by atoms with van der Waals surface area (Å²) in [6.45, 7) is 2.37. The van der Waals surface area contributed by atoms with Crippen LogP contribution < -0.4 is 15.8 Å². The van der Waals surface area contributed by atoms with Crippen molar-refractivity contribution >= 4 is 23.2 Å². The van der Waals surface area contributed by atoms with Gasteiger partial charge in [0.2, 0.25) is 0 Å². The number of rotatable bonds is 4. The number of anilines is 1. The molecule has 0 bridgehead atoms. The van der Waals surface area contributed by atoms with Crippen molar-refractivity contribution < 1.29 is 9.53 Å². The van der Waals surface area contributed by atoms with Crippen LogP contribution in [0.1, 0.15) is 17.4 Å². The van der Waals surface area contributed by atoms with E-state index in [0.29, 0.717) is 28.8 Å². The number of benzene rings is 1. The fourth-order valence-corrected chi connectivity index (χ4v) is 1.82. The Labute approximate surface area is 121 Å². The number of carbonyl (C=O) groups excluding carboxylic acids is 1. The zero-order valence-corrected chi connectivity index (χ0v) is 11.6. The number of carbonyl (C=O) groups is 1. The van der Waals surface area contributed by atoms with E-state index in [1.54, 1.807) is 24.3 Å². The maximum atomic E-state index is 11.7. The largest absolute Gasteiger partial charge is 0.453 e. The highest BCUT2D eigenvalue weighted by molar-refractivity contribution is 6.32. The van der Waals surface area contributed by atoms with Gasteiger partial charge < -0.3 is 15.8 Å². The predicted molar refractivity (Wildman–Crippen MR) is 78.2 cm³/mol. The van der Waals surface area contributed by atoms with E-state index < -0.39 is 0 Å². The third-order valence-corrected chi connectivity index (χ3v) is 2.82. The summed E-state index contributed by atoms with van der Waals surface area (Å²) in [7, 11) is 0. The number of aromatic nitrogens is 1. The SMILES string of the molecule is CCNC(=O)c1cc(Oc2c(N)cccc2Cl)ccn1. The first-order valence-electron chi connectivity index (χ1n) is 6.08. The molecule has 0 unspecified atom stereocenters. The summed E-state index contributed by atoms with van der Waals surface area (Å²) >= 11 is 6.03. The number of hydrogen-bond acceptors (Lipinski definition) is 4. The summed E-state index contributed by atoms with van der Waals surface area (Å²) in [6.07, 6.45) is 1.49. The van der Waals surface area contributed by atoms with Crippen LogP contribution in [0.3, 0.4) is 0 Å². The number of nitrogens with one attached hydrogen (secondary N) is 1. The lowest BCUT2D eigenvalue weighted by Gasteiger charge is -2.10. The summed E-state index contributed by atoms with van der Waals surface area (Å²) in [6, 6.07) is 8.27. The van der Waals surface area contributed by atoms with E-state index in [-0.39, 0.29) is 11.6 Å². The van der Waals surface area contributed by atoms with Crippen molar-refractivity contribution in [1.82, 2.24) is 10.3 Å². The molecule has 0 aliphatic rings. The molecule has 3 N–H and O–H groups in total. The highest BCUT2D eigenvalue weighted by Gasteiger charge is 2.10. The Hall–Kier alpha value is -2.27. The molecule has 6 heteroatoms. The second kappa shape index (κ2) is 6.25. The van der Waals surface area contributed by atoms with Gasteiger partial charge in [0.1, 0.15) is 11.4 Å².